The minimum Gasteiger partial charge on any atom is -0.497 e. The van der Waals surface area contributed by atoms with Crippen LogP contribution in [0.4, 0.5) is 0 Å². The highest BCUT2D eigenvalue weighted by atomic mass is 16.5. The third-order valence-electron chi connectivity index (χ3n) is 4.54. The smallest absolute Gasteiger partial charge is 0.122 e. The molecule has 0 spiro atoms. The molecule has 1 aliphatic heterocycles. The van der Waals surface area contributed by atoms with E-state index in [-0.39, 0.29) is 11.6 Å². The van der Waals surface area contributed by atoms with Crippen LogP contribution in [0.15, 0.2) is 18.2 Å². The van der Waals surface area contributed by atoms with Crippen molar-refractivity contribution in [3.63, 3.8) is 0 Å². The van der Waals surface area contributed by atoms with Gasteiger partial charge in [0, 0.05) is 25.3 Å². The Morgan fingerprint density at radius 1 is 1.27 bits per heavy atom. The van der Waals surface area contributed by atoms with Crippen LogP contribution in [0.1, 0.15) is 38.4 Å². The monoisotopic (exact) mass is 309 g/mol. The number of ether oxygens (including phenoxy) is 3. The molecule has 0 bridgehead atoms. The molecule has 22 heavy (non-hydrogen) atoms. The van der Waals surface area contributed by atoms with Crippen LogP contribution in [0.25, 0.3) is 0 Å². The molecular weight excluding hydrogens is 282 g/mol. The maximum atomic E-state index is 10.4. The Morgan fingerprint density at radius 2 is 1.91 bits per heavy atom. The summed E-state index contributed by atoms with van der Waals surface area (Å²) in [6.45, 7) is 5.50. The van der Waals surface area contributed by atoms with E-state index in [0.717, 1.165) is 25.0 Å². The summed E-state index contributed by atoms with van der Waals surface area (Å²) in [7, 11) is 3.20. The van der Waals surface area contributed by atoms with Crippen molar-refractivity contribution in [2.45, 2.75) is 44.4 Å². The van der Waals surface area contributed by atoms with Crippen molar-refractivity contribution in [2.24, 2.45) is 0 Å². The van der Waals surface area contributed by atoms with Gasteiger partial charge in [-0.3, -0.25) is 0 Å². The quantitative estimate of drug-likeness (QED) is 0.809. The molecule has 3 atom stereocenters. The maximum Gasteiger partial charge on any atom is 0.122 e. The molecule has 1 fully saturated rings. The van der Waals surface area contributed by atoms with E-state index >= 15 is 0 Å². The predicted molar refractivity (Wildman–Crippen MR) is 85.6 cm³/mol. The van der Waals surface area contributed by atoms with E-state index in [9.17, 15) is 5.11 Å². The topological polar surface area (TPSA) is 60.0 Å². The average molecular weight is 309 g/mol. The number of hydrogen-bond acceptors (Lipinski definition) is 5. The van der Waals surface area contributed by atoms with Gasteiger partial charge in [0.05, 0.1) is 25.9 Å². The van der Waals surface area contributed by atoms with Gasteiger partial charge in [0.15, 0.2) is 0 Å². The summed E-state index contributed by atoms with van der Waals surface area (Å²) in [5.74, 6) is 1.35. The lowest BCUT2D eigenvalue weighted by Crippen LogP contribution is -2.47. The third kappa shape index (κ3) is 3.91. The Morgan fingerprint density at radius 3 is 2.41 bits per heavy atom. The lowest BCUT2D eigenvalue weighted by atomic mass is 9.94. The van der Waals surface area contributed by atoms with Gasteiger partial charge >= 0.3 is 0 Å². The van der Waals surface area contributed by atoms with Gasteiger partial charge in [0.25, 0.3) is 0 Å². The summed E-state index contributed by atoms with van der Waals surface area (Å²) in [6.07, 6.45) is 1.51. The lowest BCUT2D eigenvalue weighted by Gasteiger charge is -2.32. The Balaban J connectivity index is 1.98. The van der Waals surface area contributed by atoms with Gasteiger partial charge < -0.3 is 24.6 Å². The summed E-state index contributed by atoms with van der Waals surface area (Å²) >= 11 is 0. The summed E-state index contributed by atoms with van der Waals surface area (Å²) in [6, 6.07) is 5.62. The van der Waals surface area contributed by atoms with Crippen LogP contribution < -0.4 is 14.8 Å². The summed E-state index contributed by atoms with van der Waals surface area (Å²) in [4.78, 5) is 0. The number of hydrogen-bond donors (Lipinski definition) is 2. The Labute approximate surface area is 132 Å². The van der Waals surface area contributed by atoms with Gasteiger partial charge in [-0.15, -0.1) is 0 Å². The molecule has 1 aromatic rings. The number of aliphatic hydroxyl groups excluding tert-OH is 1. The SMILES string of the molecule is COc1cc(OC)cc([C@H](O)CN[C@H](C)[C@@]2(C)CCCO2)c1. The van der Waals surface area contributed by atoms with Gasteiger partial charge in [-0.1, -0.05) is 0 Å². The summed E-state index contributed by atoms with van der Waals surface area (Å²) in [5, 5.41) is 13.8. The van der Waals surface area contributed by atoms with Gasteiger partial charge in [-0.05, 0) is 44.4 Å². The van der Waals surface area contributed by atoms with Crippen molar-refractivity contribution in [1.82, 2.24) is 5.32 Å². The number of aliphatic hydroxyl groups is 1. The zero-order chi connectivity index (χ0) is 16.2. The van der Waals surface area contributed by atoms with E-state index in [1.165, 1.54) is 0 Å². The highest BCUT2D eigenvalue weighted by Crippen LogP contribution is 2.29. The second-order valence-electron chi connectivity index (χ2n) is 6.06. The van der Waals surface area contributed by atoms with Crippen LogP contribution in [0.3, 0.4) is 0 Å². The lowest BCUT2D eigenvalue weighted by molar-refractivity contribution is -0.00942. The molecule has 1 saturated heterocycles. The zero-order valence-electron chi connectivity index (χ0n) is 13.9. The first-order chi connectivity index (χ1) is 10.5. The maximum absolute atomic E-state index is 10.4. The molecule has 2 N–H and O–H groups in total. The molecule has 1 aliphatic rings. The largest absolute Gasteiger partial charge is 0.497 e. The minimum atomic E-state index is -0.628. The van der Waals surface area contributed by atoms with Crippen LogP contribution in [-0.2, 0) is 4.74 Å². The van der Waals surface area contributed by atoms with Gasteiger partial charge in [-0.25, -0.2) is 0 Å². The van der Waals surface area contributed by atoms with Crippen LogP contribution in [0.2, 0.25) is 0 Å². The number of rotatable bonds is 7. The first kappa shape index (κ1) is 17.1. The van der Waals surface area contributed by atoms with Gasteiger partial charge in [0.2, 0.25) is 0 Å². The molecule has 2 rings (SSSR count). The second kappa shape index (κ2) is 7.31. The van der Waals surface area contributed by atoms with Crippen LogP contribution in [0.5, 0.6) is 11.5 Å². The van der Waals surface area contributed by atoms with Gasteiger partial charge in [-0.2, -0.15) is 0 Å². The molecule has 0 aliphatic carbocycles. The molecule has 0 unspecified atom stereocenters. The van der Waals surface area contributed by atoms with E-state index in [1.807, 2.05) is 12.1 Å². The number of benzene rings is 1. The normalized spacial score (nSPS) is 24.0. The molecular formula is C17H27NO4. The van der Waals surface area contributed by atoms with E-state index in [1.54, 1.807) is 20.3 Å². The van der Waals surface area contributed by atoms with Crippen LogP contribution in [0, 0.1) is 0 Å². The van der Waals surface area contributed by atoms with E-state index in [2.05, 4.69) is 19.2 Å². The fraction of sp³-hybridized carbons (Fsp3) is 0.647. The van der Waals surface area contributed by atoms with Crippen molar-refractivity contribution in [1.29, 1.82) is 0 Å². The standard InChI is InChI=1S/C17H27NO4/c1-12(17(2)6-5-7-22-17)18-11-16(19)13-8-14(20-3)10-15(9-13)21-4/h8-10,12,16,18-19H,5-7,11H2,1-4H3/t12-,16-,17-/m1/s1. The Hall–Kier alpha value is -1.30. The molecule has 1 aromatic carbocycles. The van der Waals surface area contributed by atoms with E-state index in [4.69, 9.17) is 14.2 Å². The van der Waals surface area contributed by atoms with Crippen molar-refractivity contribution in [2.75, 3.05) is 27.4 Å². The Bertz CT molecular complexity index is 463. The van der Waals surface area contributed by atoms with E-state index in [0.29, 0.717) is 18.0 Å². The molecule has 0 radical (unpaired) electrons. The predicted octanol–water partition coefficient (Wildman–Crippen LogP) is 2.28. The van der Waals surface area contributed by atoms with Crippen molar-refractivity contribution in [3.05, 3.63) is 23.8 Å². The molecule has 0 amide bonds. The fourth-order valence-corrected chi connectivity index (χ4v) is 2.79. The third-order valence-corrected chi connectivity index (χ3v) is 4.54. The van der Waals surface area contributed by atoms with Crippen LogP contribution >= 0.6 is 0 Å². The zero-order valence-corrected chi connectivity index (χ0v) is 13.9. The molecule has 5 heteroatoms. The van der Waals surface area contributed by atoms with Gasteiger partial charge in [0.1, 0.15) is 11.5 Å². The molecule has 5 nitrogen and oxygen atoms in total. The van der Waals surface area contributed by atoms with Crippen molar-refractivity contribution < 1.29 is 19.3 Å². The average Bonchev–Trinajstić information content (AvgIpc) is 2.99. The minimum absolute atomic E-state index is 0.147. The molecule has 0 saturated carbocycles. The number of nitrogens with one attached hydrogen (secondary N) is 1. The van der Waals surface area contributed by atoms with Crippen molar-refractivity contribution >= 4 is 0 Å². The highest BCUT2D eigenvalue weighted by molar-refractivity contribution is 5.39. The molecule has 1 heterocycles. The highest BCUT2D eigenvalue weighted by Gasteiger charge is 2.35. The van der Waals surface area contributed by atoms with E-state index < -0.39 is 6.10 Å². The first-order valence-corrected chi connectivity index (χ1v) is 7.77. The second-order valence-corrected chi connectivity index (χ2v) is 6.06. The van der Waals surface area contributed by atoms with Crippen molar-refractivity contribution in [3.8, 4) is 11.5 Å². The van der Waals surface area contributed by atoms with Crippen LogP contribution in [-0.4, -0.2) is 44.1 Å². The molecule has 124 valence electrons. The Kier molecular flexibility index (Phi) is 5.67. The molecule has 0 aromatic heterocycles. The first-order valence-electron chi connectivity index (χ1n) is 7.77. The fourth-order valence-electron chi connectivity index (χ4n) is 2.79. The number of methoxy groups -OCH3 is 2. The summed E-state index contributed by atoms with van der Waals surface area (Å²) < 4.78 is 16.3. The summed E-state index contributed by atoms with van der Waals surface area (Å²) in [5.41, 5.74) is 0.625.